The Morgan fingerprint density at radius 3 is 2.50 bits per heavy atom. The summed E-state index contributed by atoms with van der Waals surface area (Å²) in [6.45, 7) is 4.11. The van der Waals surface area contributed by atoms with Gasteiger partial charge in [-0.3, -0.25) is 9.69 Å². The number of piperazine rings is 1. The maximum atomic E-state index is 12.5. The van der Waals surface area contributed by atoms with E-state index in [0.717, 1.165) is 48.9 Å². The average molecular weight is 517 g/mol. The fourth-order valence-electron chi connectivity index (χ4n) is 4.72. The molecule has 2 aliphatic rings. The summed E-state index contributed by atoms with van der Waals surface area (Å²) in [4.78, 5) is 35.5. The summed E-state index contributed by atoms with van der Waals surface area (Å²) in [5, 5.41) is 2.87. The molecule has 198 valence electrons. The van der Waals surface area contributed by atoms with Gasteiger partial charge >= 0.3 is 6.09 Å². The summed E-state index contributed by atoms with van der Waals surface area (Å²) in [6, 6.07) is 19.2. The van der Waals surface area contributed by atoms with Crippen molar-refractivity contribution in [3.8, 4) is 5.75 Å². The first kappa shape index (κ1) is 25.2. The van der Waals surface area contributed by atoms with Crippen molar-refractivity contribution in [1.29, 1.82) is 0 Å². The van der Waals surface area contributed by atoms with Crippen molar-refractivity contribution in [2.24, 2.45) is 0 Å². The van der Waals surface area contributed by atoms with E-state index >= 15 is 0 Å². The first-order valence-electron chi connectivity index (χ1n) is 12.7. The van der Waals surface area contributed by atoms with Gasteiger partial charge in [-0.05, 0) is 54.1 Å². The molecule has 38 heavy (non-hydrogen) atoms. The summed E-state index contributed by atoms with van der Waals surface area (Å²) in [5.74, 6) is 1.51. The number of carbonyl (C=O) groups excluding carboxylic acids is 2. The monoisotopic (exact) mass is 516 g/mol. The minimum Gasteiger partial charge on any atom is -0.497 e. The van der Waals surface area contributed by atoms with Gasteiger partial charge in [-0.25, -0.2) is 9.78 Å². The van der Waals surface area contributed by atoms with Crippen LogP contribution in [0, 0.1) is 0 Å². The molecule has 3 N–H and O–H groups in total. The van der Waals surface area contributed by atoms with Crippen molar-refractivity contribution in [3.05, 3.63) is 72.4 Å². The van der Waals surface area contributed by atoms with E-state index in [1.807, 2.05) is 60.7 Å². The minimum atomic E-state index is -0.411. The molecule has 10 nitrogen and oxygen atoms in total. The van der Waals surface area contributed by atoms with Crippen LogP contribution in [0.25, 0.3) is 0 Å². The number of rotatable bonds is 8. The number of carbonyl (C=O) groups is 2. The number of nitrogens with two attached hydrogens (primary N) is 1. The minimum absolute atomic E-state index is 0.135. The molecule has 3 aromatic rings. The number of nitrogen functional groups attached to an aromatic ring is 1. The molecular weight excluding hydrogens is 484 g/mol. The highest BCUT2D eigenvalue weighted by molar-refractivity contribution is 5.90. The van der Waals surface area contributed by atoms with Crippen LogP contribution in [-0.2, 0) is 16.0 Å². The number of nitrogens with zero attached hydrogens (tertiary/aromatic N) is 4. The Hall–Kier alpha value is -4.47. The molecule has 2 amide bonds. The van der Waals surface area contributed by atoms with Crippen molar-refractivity contribution in [1.82, 2.24) is 10.3 Å². The standard InChI is InChI=1S/C28H32N6O4/c1-37-24-4-2-3-20(15-24)16-27(35)31-18-25-19-34(28(36)38-25)23-8-6-22(7-9-23)32-11-13-33(14-12-32)26-10-5-21(29)17-30-26/h2-10,15,17,25H,11-14,16,18-19,29H2,1H3,(H,31,35). The van der Waals surface area contributed by atoms with Gasteiger partial charge in [-0.15, -0.1) is 0 Å². The number of hydrogen-bond donors (Lipinski definition) is 2. The van der Waals surface area contributed by atoms with E-state index in [0.29, 0.717) is 18.0 Å². The molecule has 2 aliphatic heterocycles. The second-order valence-corrected chi connectivity index (χ2v) is 9.39. The Labute approximate surface area is 221 Å². The van der Waals surface area contributed by atoms with Crippen LogP contribution in [0.2, 0.25) is 0 Å². The maximum absolute atomic E-state index is 12.5. The Morgan fingerprint density at radius 1 is 1.05 bits per heavy atom. The van der Waals surface area contributed by atoms with Crippen LogP contribution in [0.3, 0.4) is 0 Å². The van der Waals surface area contributed by atoms with Gasteiger partial charge in [0.05, 0.1) is 38.5 Å². The Bertz CT molecular complexity index is 1260. The lowest BCUT2D eigenvalue weighted by Crippen LogP contribution is -2.46. The molecule has 0 radical (unpaired) electrons. The average Bonchev–Trinajstić information content (AvgIpc) is 3.33. The predicted molar refractivity (Wildman–Crippen MR) is 147 cm³/mol. The van der Waals surface area contributed by atoms with Gasteiger partial charge in [0.25, 0.3) is 0 Å². The first-order chi connectivity index (χ1) is 18.5. The molecule has 1 unspecified atom stereocenters. The van der Waals surface area contributed by atoms with Crippen LogP contribution in [0.4, 0.5) is 27.7 Å². The van der Waals surface area contributed by atoms with Crippen molar-refractivity contribution in [2.75, 3.05) is 66.8 Å². The third-order valence-electron chi connectivity index (χ3n) is 6.80. The Morgan fingerprint density at radius 2 is 1.79 bits per heavy atom. The maximum Gasteiger partial charge on any atom is 0.414 e. The lowest BCUT2D eigenvalue weighted by molar-refractivity contribution is -0.120. The van der Waals surface area contributed by atoms with Gasteiger partial charge in [0.15, 0.2) is 0 Å². The molecule has 0 spiro atoms. The number of ether oxygens (including phenoxy) is 2. The van der Waals surface area contributed by atoms with Crippen LogP contribution in [0.5, 0.6) is 5.75 Å². The zero-order chi connectivity index (χ0) is 26.5. The molecule has 2 fully saturated rings. The zero-order valence-electron chi connectivity index (χ0n) is 21.4. The van der Waals surface area contributed by atoms with Gasteiger partial charge in [-0.2, -0.15) is 0 Å². The fourth-order valence-corrected chi connectivity index (χ4v) is 4.72. The van der Waals surface area contributed by atoms with Crippen molar-refractivity contribution < 1.29 is 19.1 Å². The largest absolute Gasteiger partial charge is 0.497 e. The number of pyridine rings is 1. The van der Waals surface area contributed by atoms with Crippen LogP contribution in [-0.4, -0.2) is 69.5 Å². The van der Waals surface area contributed by atoms with Crippen LogP contribution in [0.15, 0.2) is 66.9 Å². The smallest absolute Gasteiger partial charge is 0.414 e. The van der Waals surface area contributed by atoms with Crippen molar-refractivity contribution >= 4 is 34.9 Å². The predicted octanol–water partition coefficient (Wildman–Crippen LogP) is 2.68. The van der Waals surface area contributed by atoms with E-state index in [9.17, 15) is 9.59 Å². The van der Waals surface area contributed by atoms with E-state index in [-0.39, 0.29) is 18.9 Å². The van der Waals surface area contributed by atoms with Crippen LogP contribution in [0.1, 0.15) is 5.56 Å². The fraction of sp³-hybridized carbons (Fsp3) is 0.321. The third kappa shape index (κ3) is 5.91. The molecule has 2 aromatic carbocycles. The highest BCUT2D eigenvalue weighted by Gasteiger charge is 2.32. The molecule has 10 heteroatoms. The molecular formula is C28H32N6O4. The molecule has 0 saturated carbocycles. The number of benzene rings is 2. The zero-order valence-corrected chi connectivity index (χ0v) is 21.4. The summed E-state index contributed by atoms with van der Waals surface area (Å²) < 4.78 is 10.7. The summed E-state index contributed by atoms with van der Waals surface area (Å²) in [5.41, 5.74) is 9.14. The molecule has 1 aromatic heterocycles. The molecule has 5 rings (SSSR count). The quantitative estimate of drug-likeness (QED) is 0.470. The van der Waals surface area contributed by atoms with Gasteiger partial charge in [0.2, 0.25) is 5.91 Å². The van der Waals surface area contributed by atoms with E-state index in [4.69, 9.17) is 15.2 Å². The second-order valence-electron chi connectivity index (χ2n) is 9.39. The SMILES string of the molecule is COc1cccc(CC(=O)NCC2CN(c3ccc(N4CCN(c5ccc(N)cn5)CC4)cc3)C(=O)O2)c1. The molecule has 0 aliphatic carbocycles. The highest BCUT2D eigenvalue weighted by atomic mass is 16.6. The van der Waals surface area contributed by atoms with Gasteiger partial charge in [-0.1, -0.05) is 12.1 Å². The van der Waals surface area contributed by atoms with Crippen LogP contribution >= 0.6 is 0 Å². The normalized spacial score (nSPS) is 17.3. The topological polar surface area (TPSA) is 113 Å². The van der Waals surface area contributed by atoms with Gasteiger partial charge in [0, 0.05) is 37.6 Å². The lowest BCUT2D eigenvalue weighted by Gasteiger charge is -2.36. The van der Waals surface area contributed by atoms with E-state index < -0.39 is 12.2 Å². The number of nitrogens with one attached hydrogen (secondary N) is 1. The first-order valence-corrected chi connectivity index (χ1v) is 12.7. The number of amides is 2. The van der Waals surface area contributed by atoms with Crippen molar-refractivity contribution in [3.63, 3.8) is 0 Å². The number of aromatic nitrogens is 1. The number of anilines is 4. The molecule has 3 heterocycles. The van der Waals surface area contributed by atoms with E-state index in [1.54, 1.807) is 18.2 Å². The van der Waals surface area contributed by atoms with Gasteiger partial charge in [0.1, 0.15) is 17.7 Å². The Balaban J connectivity index is 1.10. The number of hydrogen-bond acceptors (Lipinski definition) is 8. The molecule has 1 atom stereocenters. The van der Waals surface area contributed by atoms with Gasteiger partial charge < -0.3 is 30.3 Å². The van der Waals surface area contributed by atoms with E-state index in [2.05, 4.69) is 20.1 Å². The van der Waals surface area contributed by atoms with Crippen LogP contribution < -0.4 is 30.5 Å². The third-order valence-corrected chi connectivity index (χ3v) is 6.80. The summed E-state index contributed by atoms with van der Waals surface area (Å²) >= 11 is 0. The highest BCUT2D eigenvalue weighted by Crippen LogP contribution is 2.26. The van der Waals surface area contributed by atoms with E-state index in [1.165, 1.54) is 0 Å². The summed E-state index contributed by atoms with van der Waals surface area (Å²) in [7, 11) is 1.59. The molecule has 0 bridgehead atoms. The summed E-state index contributed by atoms with van der Waals surface area (Å²) in [6.07, 6.45) is 1.10. The van der Waals surface area contributed by atoms with Crippen molar-refractivity contribution in [2.45, 2.75) is 12.5 Å². The number of methoxy groups -OCH3 is 1. The number of cyclic esters (lactones) is 1. The Kier molecular flexibility index (Phi) is 7.48. The molecule has 2 saturated heterocycles. The lowest BCUT2D eigenvalue weighted by atomic mass is 10.1. The second kappa shape index (κ2) is 11.3.